The Labute approximate surface area is 138 Å². The summed E-state index contributed by atoms with van der Waals surface area (Å²) in [5, 5.41) is 32.1. The van der Waals surface area contributed by atoms with Crippen LogP contribution in [0.2, 0.25) is 0 Å². The van der Waals surface area contributed by atoms with Crippen LogP contribution in [0.4, 0.5) is 0 Å². The van der Waals surface area contributed by atoms with E-state index in [2.05, 4.69) is 9.68 Å². The normalized spacial score (nSPS) is 19.7. The third-order valence-electron chi connectivity index (χ3n) is 3.99. The zero-order valence-electron chi connectivity index (χ0n) is 12.6. The maximum Gasteiger partial charge on any atom is 0.295 e. The monoisotopic (exact) mass is 352 g/mol. The maximum absolute atomic E-state index is 12.7. The third kappa shape index (κ3) is 2.88. The Morgan fingerprint density at radius 2 is 1.68 bits per heavy atom. The largest absolute Gasteiger partial charge is 0.805 e. The van der Waals surface area contributed by atoms with E-state index in [1.165, 1.54) is 24.3 Å². The van der Waals surface area contributed by atoms with Gasteiger partial charge in [-0.2, -0.15) is 0 Å². The van der Waals surface area contributed by atoms with E-state index in [9.17, 15) is 30.3 Å². The standard InChI is InChI=1S/C13H12N4O8/c18-14-8-4-1-2-5-9(8)15(19)13-11(25-17(22)23)7-3-6-10(12(13)14)24-16(20)21/h1-2,4-5,10-11H,3,6-7H2/t10-,11-/m1/s1. The van der Waals surface area contributed by atoms with Crippen molar-refractivity contribution in [3.63, 3.8) is 0 Å². The summed E-state index contributed by atoms with van der Waals surface area (Å²) in [4.78, 5) is 43.4. The molecule has 1 aliphatic carbocycles. The summed E-state index contributed by atoms with van der Waals surface area (Å²) in [6.45, 7) is 0. The van der Waals surface area contributed by atoms with Crippen LogP contribution in [-0.4, -0.2) is 14.9 Å². The van der Waals surface area contributed by atoms with E-state index in [0.717, 1.165) is 0 Å². The molecule has 0 fully saturated rings. The summed E-state index contributed by atoms with van der Waals surface area (Å²) in [6.07, 6.45) is -2.36. The number of aromatic nitrogens is 2. The fourth-order valence-electron chi connectivity index (χ4n) is 3.04. The molecule has 1 aromatic heterocycles. The second-order valence-corrected chi connectivity index (χ2v) is 5.41. The second-order valence-electron chi connectivity index (χ2n) is 5.41. The van der Waals surface area contributed by atoms with Crippen LogP contribution in [-0.2, 0) is 9.68 Å². The molecule has 0 radical (unpaired) electrons. The van der Waals surface area contributed by atoms with Crippen LogP contribution in [0.1, 0.15) is 42.9 Å². The fraction of sp³-hybridized carbons (Fsp3) is 0.385. The topological polar surface area (TPSA) is 156 Å². The van der Waals surface area contributed by atoms with E-state index < -0.39 is 22.4 Å². The van der Waals surface area contributed by atoms with Crippen molar-refractivity contribution in [2.75, 3.05) is 0 Å². The lowest BCUT2D eigenvalue weighted by molar-refractivity contribution is -0.775. The third-order valence-corrected chi connectivity index (χ3v) is 3.99. The smallest absolute Gasteiger partial charge is 0.295 e. The highest BCUT2D eigenvalue weighted by molar-refractivity contribution is 5.72. The SMILES string of the molecule is O=[N+]([O-])O[C@@H]1CCC[C@@H](O[N+](=O)[O-])c2c1n([O-])c1ccccc1[n+]2=O. The Bertz CT molecular complexity index is 911. The van der Waals surface area contributed by atoms with Crippen LogP contribution in [0.3, 0.4) is 0 Å². The summed E-state index contributed by atoms with van der Waals surface area (Å²) in [6, 6.07) is 5.78. The first-order valence-electron chi connectivity index (χ1n) is 7.30. The molecule has 12 heteroatoms. The summed E-state index contributed by atoms with van der Waals surface area (Å²) in [5.74, 6) is 0. The van der Waals surface area contributed by atoms with Crippen molar-refractivity contribution < 1.29 is 24.3 Å². The van der Waals surface area contributed by atoms with E-state index in [4.69, 9.17) is 0 Å². The molecule has 25 heavy (non-hydrogen) atoms. The molecule has 1 aliphatic rings. The van der Waals surface area contributed by atoms with Crippen LogP contribution >= 0.6 is 0 Å². The van der Waals surface area contributed by atoms with Gasteiger partial charge in [-0.1, -0.05) is 12.1 Å². The van der Waals surface area contributed by atoms with Gasteiger partial charge in [0.25, 0.3) is 21.4 Å². The van der Waals surface area contributed by atoms with Gasteiger partial charge in [0.05, 0.1) is 4.43 Å². The number of hydrogen-bond acceptors (Lipinski definition) is 8. The van der Waals surface area contributed by atoms with E-state index in [1.807, 2.05) is 0 Å². The number of hydrogen-bond donors (Lipinski definition) is 0. The lowest BCUT2D eigenvalue weighted by Gasteiger charge is -2.23. The summed E-state index contributed by atoms with van der Waals surface area (Å²) >= 11 is 0. The highest BCUT2D eigenvalue weighted by Gasteiger charge is 2.39. The molecule has 0 saturated carbocycles. The van der Waals surface area contributed by atoms with Gasteiger partial charge in [-0.15, -0.1) is 20.2 Å². The van der Waals surface area contributed by atoms with Gasteiger partial charge in [-0.3, -0.25) is 4.84 Å². The molecule has 0 N–H and O–H groups in total. The average Bonchev–Trinajstić information content (AvgIpc) is 2.72. The van der Waals surface area contributed by atoms with Gasteiger partial charge in [-0.25, -0.2) is 0 Å². The minimum absolute atomic E-state index is 0.0325. The number of benzene rings is 1. The van der Waals surface area contributed by atoms with E-state index >= 15 is 0 Å². The van der Waals surface area contributed by atoms with Gasteiger partial charge in [0.1, 0.15) is 11.2 Å². The number of fused-ring (bicyclic) bond motifs is 2. The van der Waals surface area contributed by atoms with Crippen LogP contribution in [0.15, 0.2) is 24.3 Å². The van der Waals surface area contributed by atoms with Crippen molar-refractivity contribution in [3.05, 3.63) is 66.0 Å². The minimum atomic E-state index is -1.33. The molecule has 1 aromatic carbocycles. The summed E-state index contributed by atoms with van der Waals surface area (Å²) in [5.41, 5.74) is -0.769. The molecule has 0 unspecified atom stereocenters. The Balaban J connectivity index is 2.33. The Morgan fingerprint density at radius 3 is 2.36 bits per heavy atom. The summed E-state index contributed by atoms with van der Waals surface area (Å²) < 4.78 is 0.684. The van der Waals surface area contributed by atoms with E-state index in [1.54, 1.807) is 0 Å². The highest BCUT2D eigenvalue weighted by atomic mass is 17.0. The number of nitrogens with zero attached hydrogens (tertiary/aromatic N) is 4. The van der Waals surface area contributed by atoms with Crippen LogP contribution in [0.5, 0.6) is 0 Å². The first-order chi connectivity index (χ1) is 11.9. The molecular weight excluding hydrogens is 340 g/mol. The van der Waals surface area contributed by atoms with Crippen molar-refractivity contribution in [3.8, 4) is 0 Å². The van der Waals surface area contributed by atoms with Crippen molar-refractivity contribution in [2.45, 2.75) is 31.5 Å². The number of rotatable bonds is 4. The Hall–Kier alpha value is -3.44. The Morgan fingerprint density at radius 1 is 1.08 bits per heavy atom. The van der Waals surface area contributed by atoms with Gasteiger partial charge in [0.15, 0.2) is 12.2 Å². The first-order valence-corrected chi connectivity index (χ1v) is 7.30. The van der Waals surface area contributed by atoms with Crippen LogP contribution in [0, 0.1) is 30.3 Å². The molecule has 2 atom stereocenters. The highest BCUT2D eigenvalue weighted by Crippen LogP contribution is 2.37. The van der Waals surface area contributed by atoms with Gasteiger partial charge >= 0.3 is 0 Å². The van der Waals surface area contributed by atoms with Crippen LogP contribution < -0.4 is 4.43 Å². The van der Waals surface area contributed by atoms with Gasteiger partial charge < -0.3 is 14.8 Å². The molecule has 0 saturated heterocycles. The van der Waals surface area contributed by atoms with Crippen molar-refractivity contribution >= 4 is 11.0 Å². The van der Waals surface area contributed by atoms with Crippen molar-refractivity contribution in [1.29, 1.82) is 0 Å². The molecule has 0 bridgehead atoms. The quantitative estimate of drug-likeness (QED) is 0.347. The summed E-state index contributed by atoms with van der Waals surface area (Å²) in [7, 11) is 0. The lowest BCUT2D eigenvalue weighted by atomic mass is 10.1. The zero-order valence-corrected chi connectivity index (χ0v) is 12.6. The van der Waals surface area contributed by atoms with Gasteiger partial charge in [0, 0.05) is 11.0 Å². The predicted octanol–water partition coefficient (Wildman–Crippen LogP) is 1.58. The molecule has 132 valence electrons. The van der Waals surface area contributed by atoms with E-state index in [0.29, 0.717) is 9.16 Å². The first kappa shape index (κ1) is 16.4. The molecule has 0 spiro atoms. The van der Waals surface area contributed by atoms with Crippen molar-refractivity contribution in [1.82, 2.24) is 4.73 Å². The lowest BCUT2D eigenvalue weighted by Crippen LogP contribution is -2.32. The van der Waals surface area contributed by atoms with Gasteiger partial charge in [0.2, 0.25) is 0 Å². The average molecular weight is 352 g/mol. The van der Waals surface area contributed by atoms with Crippen LogP contribution in [0.25, 0.3) is 11.0 Å². The minimum Gasteiger partial charge on any atom is -0.805 e. The number of para-hydroxylation sites is 2. The molecule has 2 aromatic rings. The molecule has 3 rings (SSSR count). The zero-order chi connectivity index (χ0) is 18.1. The van der Waals surface area contributed by atoms with Gasteiger partial charge in [-0.05, 0) is 25.3 Å². The molecule has 12 nitrogen and oxygen atoms in total. The molecule has 1 heterocycles. The second kappa shape index (κ2) is 6.22. The molecular formula is C13H12N4O8. The Kier molecular flexibility index (Phi) is 4.09. The molecule has 0 amide bonds. The maximum atomic E-state index is 12.7. The molecule has 0 aliphatic heterocycles. The predicted molar refractivity (Wildman–Crippen MR) is 79.6 cm³/mol. The van der Waals surface area contributed by atoms with E-state index in [-0.39, 0.29) is 41.7 Å². The fourth-order valence-corrected chi connectivity index (χ4v) is 3.04. The van der Waals surface area contributed by atoms with Crippen molar-refractivity contribution in [2.24, 2.45) is 0 Å².